The predicted molar refractivity (Wildman–Crippen MR) is 50.5 cm³/mol. The van der Waals surface area contributed by atoms with E-state index < -0.39 is 10.4 Å². The van der Waals surface area contributed by atoms with E-state index in [1.807, 2.05) is 25.1 Å². The lowest BCUT2D eigenvalue weighted by molar-refractivity contribution is 0.399. The zero-order valence-corrected chi connectivity index (χ0v) is 8.51. The molecule has 0 unspecified atom stereocenters. The van der Waals surface area contributed by atoms with Gasteiger partial charge in [-0.2, -0.15) is 12.7 Å². The normalized spacial score (nSPS) is 17.0. The molecule has 1 heterocycles. The van der Waals surface area contributed by atoms with Crippen LogP contribution in [0.15, 0.2) is 18.2 Å². The molecule has 0 spiro atoms. The fraction of sp³-hybridized carbons (Fsp3) is 0.333. The molecule has 0 fully saturated rings. The van der Waals surface area contributed by atoms with Crippen molar-refractivity contribution in [2.75, 3.05) is 0 Å². The van der Waals surface area contributed by atoms with Gasteiger partial charge in [0.15, 0.2) is 0 Å². The van der Waals surface area contributed by atoms with Gasteiger partial charge in [0.25, 0.3) is 0 Å². The molecular weight excluding hydrogens is 205 g/mol. The SMILES string of the molecule is Cc1ccc2c(c1)CN(S(=O)(=O)F)C2. The number of nitrogens with zero attached hydrogens (tertiary/aromatic N) is 1. The van der Waals surface area contributed by atoms with E-state index in [1.165, 1.54) is 0 Å². The van der Waals surface area contributed by atoms with E-state index in [-0.39, 0.29) is 13.1 Å². The molecule has 0 atom stereocenters. The van der Waals surface area contributed by atoms with Gasteiger partial charge < -0.3 is 0 Å². The maximum Gasteiger partial charge on any atom is 0.375 e. The van der Waals surface area contributed by atoms with Gasteiger partial charge in [0.05, 0.1) is 0 Å². The van der Waals surface area contributed by atoms with Gasteiger partial charge in [-0.25, -0.2) is 0 Å². The number of rotatable bonds is 1. The second-order valence-electron chi connectivity index (χ2n) is 3.48. The second-order valence-corrected chi connectivity index (χ2v) is 4.82. The highest BCUT2D eigenvalue weighted by Crippen LogP contribution is 2.26. The average Bonchev–Trinajstić information content (AvgIpc) is 2.45. The summed E-state index contributed by atoms with van der Waals surface area (Å²) in [6.45, 7) is 2.22. The maximum absolute atomic E-state index is 12.7. The average molecular weight is 215 g/mol. The van der Waals surface area contributed by atoms with Crippen LogP contribution in [-0.4, -0.2) is 12.7 Å². The monoisotopic (exact) mass is 215 g/mol. The van der Waals surface area contributed by atoms with Crippen molar-refractivity contribution >= 4 is 10.4 Å². The summed E-state index contributed by atoms with van der Waals surface area (Å²) < 4.78 is 34.8. The largest absolute Gasteiger partial charge is 0.375 e. The quantitative estimate of drug-likeness (QED) is 0.666. The minimum Gasteiger partial charge on any atom is -0.177 e. The van der Waals surface area contributed by atoms with Crippen LogP contribution in [0.5, 0.6) is 0 Å². The first-order valence-corrected chi connectivity index (χ1v) is 5.59. The van der Waals surface area contributed by atoms with Crippen molar-refractivity contribution in [2.24, 2.45) is 0 Å². The summed E-state index contributed by atoms with van der Waals surface area (Å²) >= 11 is 0. The van der Waals surface area contributed by atoms with Gasteiger partial charge in [-0.15, -0.1) is 0 Å². The molecule has 0 aromatic heterocycles. The Balaban J connectivity index is 2.35. The third kappa shape index (κ3) is 1.65. The number of fused-ring (bicyclic) bond motifs is 1. The number of hydrogen-bond donors (Lipinski definition) is 0. The zero-order chi connectivity index (χ0) is 10.3. The Bertz CT molecular complexity index is 470. The fourth-order valence-electron chi connectivity index (χ4n) is 1.65. The van der Waals surface area contributed by atoms with Crippen LogP contribution in [0.4, 0.5) is 3.89 Å². The summed E-state index contributed by atoms with van der Waals surface area (Å²) in [5.74, 6) is 0. The molecule has 3 nitrogen and oxygen atoms in total. The van der Waals surface area contributed by atoms with Crippen molar-refractivity contribution in [3.63, 3.8) is 0 Å². The van der Waals surface area contributed by atoms with Crippen LogP contribution in [0.1, 0.15) is 16.7 Å². The Morgan fingerprint density at radius 3 is 2.57 bits per heavy atom. The van der Waals surface area contributed by atoms with Gasteiger partial charge in [0.2, 0.25) is 0 Å². The lowest BCUT2D eigenvalue weighted by Gasteiger charge is -2.06. The van der Waals surface area contributed by atoms with Crippen molar-refractivity contribution < 1.29 is 12.3 Å². The summed E-state index contributed by atoms with van der Waals surface area (Å²) in [6, 6.07) is 5.63. The number of benzene rings is 1. The minimum absolute atomic E-state index is 0.147. The van der Waals surface area contributed by atoms with Gasteiger partial charge in [-0.1, -0.05) is 27.6 Å². The summed E-state index contributed by atoms with van der Waals surface area (Å²) in [5, 5.41) is 0. The van der Waals surface area contributed by atoms with Gasteiger partial charge >= 0.3 is 10.4 Å². The zero-order valence-electron chi connectivity index (χ0n) is 7.70. The Kier molecular flexibility index (Phi) is 2.08. The topological polar surface area (TPSA) is 37.4 Å². The third-order valence-electron chi connectivity index (χ3n) is 2.36. The molecular formula is C9H10FNO2S. The number of halogens is 1. The lowest BCUT2D eigenvalue weighted by atomic mass is 10.1. The molecule has 0 saturated carbocycles. The Morgan fingerprint density at radius 1 is 1.29 bits per heavy atom. The standard InChI is InChI=1S/C9H10FNO2S/c1-7-2-3-8-5-11(14(10,12)13)6-9(8)4-7/h2-4H,5-6H2,1H3. The maximum atomic E-state index is 12.7. The van der Waals surface area contributed by atoms with Gasteiger partial charge in [-0.3, -0.25) is 0 Å². The van der Waals surface area contributed by atoms with E-state index in [0.29, 0.717) is 0 Å². The minimum atomic E-state index is -4.55. The molecule has 5 heteroatoms. The summed E-state index contributed by atoms with van der Waals surface area (Å²) in [4.78, 5) is 0. The molecule has 1 aromatic carbocycles. The van der Waals surface area contributed by atoms with Crippen molar-refractivity contribution in [3.05, 3.63) is 34.9 Å². The molecule has 14 heavy (non-hydrogen) atoms. The van der Waals surface area contributed by atoms with Crippen LogP contribution >= 0.6 is 0 Å². The lowest BCUT2D eigenvalue weighted by Crippen LogP contribution is -2.20. The van der Waals surface area contributed by atoms with Crippen molar-refractivity contribution in [3.8, 4) is 0 Å². The smallest absolute Gasteiger partial charge is 0.177 e. The molecule has 2 rings (SSSR count). The summed E-state index contributed by atoms with van der Waals surface area (Å²) in [6.07, 6.45) is 0. The first-order valence-electron chi connectivity index (χ1n) is 4.25. The highest BCUT2D eigenvalue weighted by Gasteiger charge is 2.28. The molecule has 0 radical (unpaired) electrons. The van der Waals surface area contributed by atoms with Gasteiger partial charge in [0.1, 0.15) is 0 Å². The van der Waals surface area contributed by atoms with Crippen LogP contribution in [-0.2, 0) is 23.5 Å². The summed E-state index contributed by atoms with van der Waals surface area (Å²) in [5.41, 5.74) is 2.84. The van der Waals surface area contributed by atoms with E-state index in [2.05, 4.69) is 0 Å². The second kappa shape index (κ2) is 3.03. The Morgan fingerprint density at radius 2 is 1.93 bits per heavy atom. The van der Waals surface area contributed by atoms with Crippen LogP contribution < -0.4 is 0 Å². The van der Waals surface area contributed by atoms with Crippen molar-refractivity contribution in [1.82, 2.24) is 4.31 Å². The molecule has 0 amide bonds. The van der Waals surface area contributed by atoms with E-state index in [0.717, 1.165) is 21.0 Å². The first-order chi connectivity index (χ1) is 6.47. The van der Waals surface area contributed by atoms with Crippen molar-refractivity contribution in [1.29, 1.82) is 0 Å². The molecule has 0 saturated heterocycles. The molecule has 1 aromatic rings. The van der Waals surface area contributed by atoms with E-state index >= 15 is 0 Å². The van der Waals surface area contributed by atoms with Gasteiger partial charge in [-0.05, 0) is 18.1 Å². The van der Waals surface area contributed by atoms with Crippen molar-refractivity contribution in [2.45, 2.75) is 20.0 Å². The molecule has 0 aliphatic carbocycles. The molecule has 0 N–H and O–H groups in total. The molecule has 76 valence electrons. The summed E-state index contributed by atoms with van der Waals surface area (Å²) in [7, 11) is -4.55. The number of hydrogen-bond acceptors (Lipinski definition) is 2. The first kappa shape index (κ1) is 9.61. The molecule has 1 aliphatic rings. The van der Waals surface area contributed by atoms with E-state index in [9.17, 15) is 12.3 Å². The third-order valence-corrected chi connectivity index (χ3v) is 3.24. The van der Waals surface area contributed by atoms with Crippen LogP contribution in [0, 0.1) is 6.92 Å². The van der Waals surface area contributed by atoms with E-state index in [4.69, 9.17) is 0 Å². The highest BCUT2D eigenvalue weighted by molar-refractivity contribution is 7.83. The van der Waals surface area contributed by atoms with Crippen LogP contribution in [0.3, 0.4) is 0 Å². The highest BCUT2D eigenvalue weighted by atomic mass is 32.3. The number of aryl methyl sites for hydroxylation is 1. The van der Waals surface area contributed by atoms with Gasteiger partial charge in [0, 0.05) is 13.1 Å². The Hall–Kier alpha value is -0.940. The van der Waals surface area contributed by atoms with Crippen LogP contribution in [0.2, 0.25) is 0 Å². The predicted octanol–water partition coefficient (Wildman–Crippen LogP) is 1.52. The molecule has 0 bridgehead atoms. The molecule has 1 aliphatic heterocycles. The fourth-order valence-corrected chi connectivity index (χ4v) is 2.23. The van der Waals surface area contributed by atoms with E-state index in [1.54, 1.807) is 0 Å². The van der Waals surface area contributed by atoms with Crippen LogP contribution in [0.25, 0.3) is 0 Å². The Labute approximate surface area is 82.5 Å².